The lowest BCUT2D eigenvalue weighted by molar-refractivity contribution is -0.205. The minimum absolute atomic E-state index is 0.168. The van der Waals surface area contributed by atoms with Gasteiger partial charge in [-0.05, 0) is 44.9 Å². The smallest absolute Gasteiger partial charge is 0.237 e. The first-order valence-electron chi connectivity index (χ1n) is 11.2. The number of alkyl halides is 1. The van der Waals surface area contributed by atoms with Crippen LogP contribution in [-0.4, -0.2) is 81.3 Å². The lowest BCUT2D eigenvalue weighted by Gasteiger charge is -2.44. The van der Waals surface area contributed by atoms with Crippen molar-refractivity contribution < 1.29 is 24.9 Å². The summed E-state index contributed by atoms with van der Waals surface area (Å²) in [6, 6.07) is -1.01. The van der Waals surface area contributed by atoms with Crippen molar-refractivity contribution in [2.24, 2.45) is 5.92 Å². The Kier molecular flexibility index (Phi) is 11.2. The molecule has 2 fully saturated rings. The van der Waals surface area contributed by atoms with Crippen LogP contribution in [0.15, 0.2) is 0 Å². The molecule has 0 spiro atoms. The summed E-state index contributed by atoms with van der Waals surface area (Å²) < 4.78 is 5.82. The topological polar surface area (TPSA) is 111 Å². The maximum Gasteiger partial charge on any atom is 0.237 e. The third-order valence-electron chi connectivity index (χ3n) is 6.34. The minimum Gasteiger partial charge on any atom is -0.388 e. The molecule has 9 heteroatoms. The second-order valence-electron chi connectivity index (χ2n) is 8.62. The first kappa shape index (κ1) is 26.2. The fourth-order valence-electron chi connectivity index (χ4n) is 4.39. The highest BCUT2D eigenvalue weighted by molar-refractivity contribution is 7.99. The second-order valence-corrected chi connectivity index (χ2v) is 10.2. The van der Waals surface area contributed by atoms with E-state index in [2.05, 4.69) is 17.6 Å². The Morgan fingerprint density at radius 1 is 1.20 bits per heavy atom. The highest BCUT2D eigenvalue weighted by atomic mass is 35.5. The van der Waals surface area contributed by atoms with E-state index in [0.717, 1.165) is 25.8 Å². The van der Waals surface area contributed by atoms with E-state index in [-0.39, 0.29) is 11.9 Å². The van der Waals surface area contributed by atoms with Crippen LogP contribution in [-0.2, 0) is 9.53 Å². The zero-order valence-electron chi connectivity index (χ0n) is 18.3. The van der Waals surface area contributed by atoms with Crippen LogP contribution in [0.4, 0.5) is 0 Å². The number of hydrogen-bond acceptors (Lipinski definition) is 7. The second kappa shape index (κ2) is 12.8. The maximum atomic E-state index is 13.0. The summed E-state index contributed by atoms with van der Waals surface area (Å²) in [5.74, 6) is 0.478. The normalized spacial score (nSPS) is 37.2. The number of carbonyl (C=O) groups is 1. The van der Waals surface area contributed by atoms with Crippen molar-refractivity contribution in [3.05, 3.63) is 0 Å². The van der Waals surface area contributed by atoms with Crippen LogP contribution in [0.1, 0.15) is 58.8 Å². The molecule has 5 N–H and O–H groups in total. The van der Waals surface area contributed by atoms with Crippen molar-refractivity contribution in [1.29, 1.82) is 0 Å². The third kappa shape index (κ3) is 6.95. The fraction of sp³-hybridized carbons (Fsp3) is 0.952. The number of halogens is 1. The summed E-state index contributed by atoms with van der Waals surface area (Å²) in [5, 5.41) is 36.5. The Labute approximate surface area is 189 Å². The van der Waals surface area contributed by atoms with Gasteiger partial charge in [-0.15, -0.1) is 23.4 Å². The molecule has 9 unspecified atom stereocenters. The van der Waals surface area contributed by atoms with Crippen LogP contribution in [0, 0.1) is 5.92 Å². The van der Waals surface area contributed by atoms with Crippen LogP contribution >= 0.6 is 23.4 Å². The molecule has 7 nitrogen and oxygen atoms in total. The largest absolute Gasteiger partial charge is 0.388 e. The Morgan fingerprint density at radius 2 is 1.93 bits per heavy atom. The van der Waals surface area contributed by atoms with Gasteiger partial charge in [0.1, 0.15) is 29.9 Å². The molecule has 1 amide bonds. The molecule has 30 heavy (non-hydrogen) atoms. The number of carbonyl (C=O) groups excluding carboxylic acids is 1. The molecule has 2 saturated heterocycles. The van der Waals surface area contributed by atoms with Crippen molar-refractivity contribution in [2.45, 2.75) is 106 Å². The molecule has 0 aromatic rings. The van der Waals surface area contributed by atoms with Gasteiger partial charge in [0.2, 0.25) is 5.91 Å². The summed E-state index contributed by atoms with van der Waals surface area (Å²) in [5.41, 5.74) is -0.705. The van der Waals surface area contributed by atoms with E-state index < -0.39 is 41.3 Å². The molecule has 0 saturated carbocycles. The van der Waals surface area contributed by atoms with Crippen molar-refractivity contribution in [3.8, 4) is 0 Å². The standard InChI is InChI=1S/C21H39ClN2O5S/c1-4-5-6-7-13-8-9-14(23-11-10-13)20(28)24-15(12(2)22)19-17(26)16(25)18(27)21(29-19)30-3/h12-19,21,23,25-27H,4-11H2,1-3H3,(H,24,28). The van der Waals surface area contributed by atoms with Crippen molar-refractivity contribution in [1.82, 2.24) is 10.6 Å². The highest BCUT2D eigenvalue weighted by Gasteiger charge is 2.48. The number of ether oxygens (including phenoxy) is 1. The lowest BCUT2D eigenvalue weighted by Crippen LogP contribution is -2.65. The predicted molar refractivity (Wildman–Crippen MR) is 121 cm³/mol. The monoisotopic (exact) mass is 466 g/mol. The molecule has 2 heterocycles. The summed E-state index contributed by atoms with van der Waals surface area (Å²) in [6.45, 7) is 4.73. The molecule has 176 valence electrons. The maximum absolute atomic E-state index is 13.0. The number of rotatable bonds is 9. The number of nitrogens with one attached hydrogen (secondary N) is 2. The van der Waals surface area contributed by atoms with E-state index in [1.165, 1.54) is 37.4 Å². The zero-order chi connectivity index (χ0) is 22.3. The van der Waals surface area contributed by atoms with E-state index in [1.807, 2.05) is 0 Å². The summed E-state index contributed by atoms with van der Waals surface area (Å²) in [4.78, 5) is 13.0. The van der Waals surface area contributed by atoms with Crippen LogP contribution in [0.5, 0.6) is 0 Å². The van der Waals surface area contributed by atoms with E-state index in [9.17, 15) is 20.1 Å². The highest BCUT2D eigenvalue weighted by Crippen LogP contribution is 2.30. The number of hydrogen-bond donors (Lipinski definition) is 5. The minimum atomic E-state index is -1.36. The van der Waals surface area contributed by atoms with Gasteiger partial charge < -0.3 is 30.7 Å². The van der Waals surface area contributed by atoms with E-state index in [1.54, 1.807) is 13.2 Å². The van der Waals surface area contributed by atoms with Crippen LogP contribution in [0.2, 0.25) is 0 Å². The molecule has 0 aromatic heterocycles. The van der Waals surface area contributed by atoms with Crippen LogP contribution in [0.3, 0.4) is 0 Å². The lowest BCUT2D eigenvalue weighted by atomic mass is 9.92. The summed E-state index contributed by atoms with van der Waals surface area (Å²) >= 11 is 7.59. The van der Waals surface area contributed by atoms with Gasteiger partial charge in [0, 0.05) is 0 Å². The average Bonchev–Trinajstić information content (AvgIpc) is 2.97. The van der Waals surface area contributed by atoms with Gasteiger partial charge in [0.15, 0.2) is 0 Å². The number of aliphatic hydroxyl groups excluding tert-OH is 3. The number of thioether (sulfide) groups is 1. The molecular weight excluding hydrogens is 428 g/mol. The molecule has 0 bridgehead atoms. The number of unbranched alkanes of at least 4 members (excludes halogenated alkanes) is 2. The first-order chi connectivity index (χ1) is 14.3. The third-order valence-corrected chi connectivity index (χ3v) is 7.46. The molecule has 2 aliphatic heterocycles. The van der Waals surface area contributed by atoms with Gasteiger partial charge in [-0.2, -0.15) is 0 Å². The van der Waals surface area contributed by atoms with Gasteiger partial charge in [-0.1, -0.05) is 32.6 Å². The molecular formula is C21H39ClN2O5S. The molecule has 2 rings (SSSR count). The van der Waals surface area contributed by atoms with Gasteiger partial charge >= 0.3 is 0 Å². The van der Waals surface area contributed by atoms with Crippen molar-refractivity contribution >= 4 is 29.3 Å². The van der Waals surface area contributed by atoms with Gasteiger partial charge in [0.05, 0.1) is 17.5 Å². The van der Waals surface area contributed by atoms with Crippen LogP contribution < -0.4 is 10.6 Å². The van der Waals surface area contributed by atoms with Gasteiger partial charge in [-0.25, -0.2) is 0 Å². The summed E-state index contributed by atoms with van der Waals surface area (Å²) in [6.07, 6.45) is 4.69. The Bertz CT molecular complexity index is 528. The van der Waals surface area contributed by atoms with Crippen LogP contribution in [0.25, 0.3) is 0 Å². The number of aliphatic hydroxyl groups is 3. The quantitative estimate of drug-likeness (QED) is 0.259. The summed E-state index contributed by atoms with van der Waals surface area (Å²) in [7, 11) is 0. The molecule has 0 aromatic carbocycles. The fourth-order valence-corrected chi connectivity index (χ4v) is 5.28. The Hall–Kier alpha value is -0.0900. The van der Waals surface area contributed by atoms with E-state index >= 15 is 0 Å². The average molecular weight is 467 g/mol. The molecule has 9 atom stereocenters. The first-order valence-corrected chi connectivity index (χ1v) is 12.9. The van der Waals surface area contributed by atoms with E-state index in [4.69, 9.17) is 16.3 Å². The SMILES string of the molecule is CCCCCC1CCNC(C(=O)NC(C(C)Cl)C2OC(SC)C(O)C(O)C2O)CC1. The molecule has 0 aliphatic carbocycles. The number of amides is 1. The van der Waals surface area contributed by atoms with Crippen molar-refractivity contribution in [2.75, 3.05) is 12.8 Å². The van der Waals surface area contributed by atoms with Gasteiger partial charge in [0.25, 0.3) is 0 Å². The predicted octanol–water partition coefficient (Wildman–Crippen LogP) is 1.61. The zero-order valence-corrected chi connectivity index (χ0v) is 19.9. The Morgan fingerprint density at radius 3 is 2.57 bits per heavy atom. The van der Waals surface area contributed by atoms with Gasteiger partial charge in [-0.3, -0.25) is 4.79 Å². The van der Waals surface area contributed by atoms with E-state index in [0.29, 0.717) is 5.92 Å². The van der Waals surface area contributed by atoms with Crippen molar-refractivity contribution in [3.63, 3.8) is 0 Å². The molecule has 0 radical (unpaired) electrons. The Balaban J connectivity index is 1.98. The molecule has 2 aliphatic rings.